The van der Waals surface area contributed by atoms with Gasteiger partial charge in [-0.1, -0.05) is 0 Å². The summed E-state index contributed by atoms with van der Waals surface area (Å²) in [5.74, 6) is -1.48. The quantitative estimate of drug-likeness (QED) is 0.756. The Balaban J connectivity index is 2.90. The molecule has 1 unspecified atom stereocenters. The molecule has 0 saturated carbocycles. The van der Waals surface area contributed by atoms with Gasteiger partial charge in [0.15, 0.2) is 0 Å². The Labute approximate surface area is 124 Å². The molecule has 1 aromatic carbocycles. The van der Waals surface area contributed by atoms with Crippen molar-refractivity contribution < 1.29 is 23.8 Å². The van der Waals surface area contributed by atoms with Crippen LogP contribution in [0.4, 0.5) is 4.39 Å². The molecule has 0 spiro atoms. The molecule has 0 bridgehead atoms. The van der Waals surface area contributed by atoms with Gasteiger partial charge in [-0.3, -0.25) is 4.90 Å². The van der Waals surface area contributed by atoms with E-state index >= 15 is 0 Å². The molecule has 0 aromatic heterocycles. The van der Waals surface area contributed by atoms with Crippen LogP contribution in [-0.2, 0) is 16.0 Å². The fraction of sp³-hybridized carbons (Fsp3) is 0.533. The summed E-state index contributed by atoms with van der Waals surface area (Å²) in [5, 5.41) is 8.99. The van der Waals surface area contributed by atoms with Crippen molar-refractivity contribution in [1.29, 1.82) is 0 Å². The first kappa shape index (κ1) is 17.6. The molecule has 6 heteroatoms. The van der Waals surface area contributed by atoms with Gasteiger partial charge in [0.1, 0.15) is 5.82 Å². The Morgan fingerprint density at radius 3 is 2.67 bits per heavy atom. The molecule has 0 aliphatic carbocycles. The zero-order valence-electron chi connectivity index (χ0n) is 12.6. The van der Waals surface area contributed by atoms with Crippen molar-refractivity contribution in [2.45, 2.75) is 19.5 Å². The second kappa shape index (κ2) is 8.71. The minimum atomic E-state index is -1.07. The SMILES string of the molecule is COCCN(Cc1cc(C(=O)O)ccc1F)C(C)COC. The lowest BCUT2D eigenvalue weighted by Crippen LogP contribution is -2.38. The molecule has 0 aliphatic rings. The summed E-state index contributed by atoms with van der Waals surface area (Å²) in [6.45, 7) is 3.90. The molecule has 0 fully saturated rings. The van der Waals surface area contributed by atoms with Crippen molar-refractivity contribution in [3.05, 3.63) is 35.1 Å². The van der Waals surface area contributed by atoms with Crippen LogP contribution >= 0.6 is 0 Å². The molecule has 0 heterocycles. The first-order valence-corrected chi connectivity index (χ1v) is 6.73. The van der Waals surface area contributed by atoms with E-state index in [2.05, 4.69) is 0 Å². The Morgan fingerprint density at radius 2 is 2.10 bits per heavy atom. The number of nitrogens with zero attached hydrogens (tertiary/aromatic N) is 1. The van der Waals surface area contributed by atoms with Crippen molar-refractivity contribution >= 4 is 5.97 Å². The first-order chi connectivity index (χ1) is 9.99. The fourth-order valence-corrected chi connectivity index (χ4v) is 2.06. The average molecular weight is 299 g/mol. The first-order valence-electron chi connectivity index (χ1n) is 6.73. The number of ether oxygens (including phenoxy) is 2. The number of aromatic carboxylic acids is 1. The Kier molecular flexibility index (Phi) is 7.28. The largest absolute Gasteiger partial charge is 0.478 e. The third-order valence-electron chi connectivity index (χ3n) is 3.28. The van der Waals surface area contributed by atoms with Crippen molar-refractivity contribution in [2.75, 3.05) is 34.0 Å². The maximum Gasteiger partial charge on any atom is 0.335 e. The molecular formula is C15H22FNO4. The van der Waals surface area contributed by atoms with E-state index in [0.717, 1.165) is 0 Å². The van der Waals surface area contributed by atoms with Gasteiger partial charge >= 0.3 is 5.97 Å². The molecule has 118 valence electrons. The minimum Gasteiger partial charge on any atom is -0.478 e. The van der Waals surface area contributed by atoms with E-state index in [1.54, 1.807) is 14.2 Å². The standard InChI is InChI=1S/C15H22FNO4/c1-11(10-21-3)17(6-7-20-2)9-13-8-12(15(18)19)4-5-14(13)16/h4-5,8,11H,6-7,9-10H2,1-3H3,(H,18,19). The highest BCUT2D eigenvalue weighted by Gasteiger charge is 2.17. The van der Waals surface area contributed by atoms with E-state index in [1.807, 2.05) is 11.8 Å². The zero-order valence-corrected chi connectivity index (χ0v) is 12.6. The van der Waals surface area contributed by atoms with E-state index < -0.39 is 11.8 Å². The second-order valence-electron chi connectivity index (χ2n) is 4.88. The van der Waals surface area contributed by atoms with Gasteiger partial charge in [-0.25, -0.2) is 9.18 Å². The van der Waals surface area contributed by atoms with Gasteiger partial charge in [0, 0.05) is 38.9 Å². The number of carbonyl (C=O) groups is 1. The number of hydrogen-bond acceptors (Lipinski definition) is 4. The predicted molar refractivity (Wildman–Crippen MR) is 77.0 cm³/mol. The minimum absolute atomic E-state index is 0.0676. The van der Waals surface area contributed by atoms with E-state index in [-0.39, 0.29) is 11.6 Å². The number of halogens is 1. The number of methoxy groups -OCH3 is 2. The molecule has 1 aromatic rings. The zero-order chi connectivity index (χ0) is 15.8. The van der Waals surface area contributed by atoms with Crippen LogP contribution in [0, 0.1) is 5.82 Å². The van der Waals surface area contributed by atoms with Gasteiger partial charge < -0.3 is 14.6 Å². The molecule has 1 rings (SSSR count). The van der Waals surface area contributed by atoms with Crippen LogP contribution in [0.2, 0.25) is 0 Å². The maximum absolute atomic E-state index is 13.9. The second-order valence-corrected chi connectivity index (χ2v) is 4.88. The molecule has 5 nitrogen and oxygen atoms in total. The molecule has 1 atom stereocenters. The third-order valence-corrected chi connectivity index (χ3v) is 3.28. The summed E-state index contributed by atoms with van der Waals surface area (Å²) in [6, 6.07) is 3.89. The molecule has 0 radical (unpaired) electrons. The van der Waals surface area contributed by atoms with E-state index in [4.69, 9.17) is 14.6 Å². The lowest BCUT2D eigenvalue weighted by atomic mass is 10.1. The summed E-state index contributed by atoms with van der Waals surface area (Å²) < 4.78 is 24.1. The Bertz CT molecular complexity index is 467. The lowest BCUT2D eigenvalue weighted by Gasteiger charge is -2.28. The van der Waals surface area contributed by atoms with Crippen LogP contribution in [-0.4, -0.2) is 56.0 Å². The Hall–Kier alpha value is -1.50. The van der Waals surface area contributed by atoms with E-state index in [9.17, 15) is 9.18 Å². The highest BCUT2D eigenvalue weighted by Crippen LogP contribution is 2.15. The van der Waals surface area contributed by atoms with Crippen LogP contribution in [0.15, 0.2) is 18.2 Å². The van der Waals surface area contributed by atoms with Crippen LogP contribution in [0.25, 0.3) is 0 Å². The number of carboxylic acids is 1. The summed E-state index contributed by atoms with van der Waals surface area (Å²) in [5.41, 5.74) is 0.437. The van der Waals surface area contributed by atoms with Crippen LogP contribution in [0.5, 0.6) is 0 Å². The van der Waals surface area contributed by atoms with Crippen molar-refractivity contribution in [3.63, 3.8) is 0 Å². The molecule has 21 heavy (non-hydrogen) atoms. The molecule has 0 saturated heterocycles. The third kappa shape index (κ3) is 5.41. The smallest absolute Gasteiger partial charge is 0.335 e. The molecule has 1 N–H and O–H groups in total. The topological polar surface area (TPSA) is 59.0 Å². The van der Waals surface area contributed by atoms with Crippen LogP contribution in [0.1, 0.15) is 22.8 Å². The fourth-order valence-electron chi connectivity index (χ4n) is 2.06. The maximum atomic E-state index is 13.9. The Morgan fingerprint density at radius 1 is 1.38 bits per heavy atom. The van der Waals surface area contributed by atoms with Gasteiger partial charge in [-0.15, -0.1) is 0 Å². The number of hydrogen-bond donors (Lipinski definition) is 1. The monoisotopic (exact) mass is 299 g/mol. The van der Waals surface area contributed by atoms with E-state index in [1.165, 1.54) is 18.2 Å². The number of carboxylic acid groups (broad SMARTS) is 1. The van der Waals surface area contributed by atoms with Crippen LogP contribution < -0.4 is 0 Å². The van der Waals surface area contributed by atoms with Gasteiger partial charge in [-0.2, -0.15) is 0 Å². The van der Waals surface area contributed by atoms with Crippen molar-refractivity contribution in [1.82, 2.24) is 4.90 Å². The van der Waals surface area contributed by atoms with Gasteiger partial charge in [-0.05, 0) is 25.1 Å². The summed E-state index contributed by atoms with van der Waals surface area (Å²) in [6.07, 6.45) is 0. The highest BCUT2D eigenvalue weighted by atomic mass is 19.1. The molecular weight excluding hydrogens is 277 g/mol. The molecule has 0 amide bonds. The number of rotatable bonds is 9. The predicted octanol–water partition coefficient (Wildman–Crippen LogP) is 2.01. The van der Waals surface area contributed by atoms with Crippen molar-refractivity contribution in [3.8, 4) is 0 Å². The summed E-state index contributed by atoms with van der Waals surface area (Å²) in [7, 11) is 3.21. The molecule has 0 aliphatic heterocycles. The van der Waals surface area contributed by atoms with Crippen molar-refractivity contribution in [2.24, 2.45) is 0 Å². The van der Waals surface area contributed by atoms with Crippen LogP contribution in [0.3, 0.4) is 0 Å². The van der Waals surface area contributed by atoms with Gasteiger partial charge in [0.05, 0.1) is 18.8 Å². The normalized spacial score (nSPS) is 12.6. The lowest BCUT2D eigenvalue weighted by molar-refractivity contribution is 0.0684. The highest BCUT2D eigenvalue weighted by molar-refractivity contribution is 5.87. The number of benzene rings is 1. The van der Waals surface area contributed by atoms with Gasteiger partial charge in [0.2, 0.25) is 0 Å². The summed E-state index contributed by atoms with van der Waals surface area (Å²) >= 11 is 0. The average Bonchev–Trinajstić information content (AvgIpc) is 2.45. The van der Waals surface area contributed by atoms with Gasteiger partial charge in [0.25, 0.3) is 0 Å². The summed E-state index contributed by atoms with van der Waals surface area (Å²) in [4.78, 5) is 13.0. The van der Waals surface area contributed by atoms with E-state index in [0.29, 0.717) is 31.9 Å².